The van der Waals surface area contributed by atoms with E-state index in [1.807, 2.05) is 0 Å². The molecular formula is C15H15F3N2O5. The summed E-state index contributed by atoms with van der Waals surface area (Å²) in [5.41, 5.74) is -2.59. The highest BCUT2D eigenvalue weighted by atomic mass is 19.4. The summed E-state index contributed by atoms with van der Waals surface area (Å²) in [5.74, 6) is -2.25. The van der Waals surface area contributed by atoms with E-state index in [0.717, 1.165) is 6.07 Å². The van der Waals surface area contributed by atoms with Crippen LogP contribution in [0.5, 0.6) is 0 Å². The fourth-order valence-corrected chi connectivity index (χ4v) is 2.80. The molecule has 1 aromatic carbocycles. The maximum atomic E-state index is 12.7. The van der Waals surface area contributed by atoms with Crippen LogP contribution in [0, 0.1) is 16.0 Å². The highest BCUT2D eigenvalue weighted by molar-refractivity contribution is 5.98. The van der Waals surface area contributed by atoms with Gasteiger partial charge in [0, 0.05) is 12.1 Å². The average molecular weight is 360 g/mol. The molecule has 0 bridgehead atoms. The fourth-order valence-electron chi connectivity index (χ4n) is 2.80. The van der Waals surface area contributed by atoms with Crippen molar-refractivity contribution in [3.63, 3.8) is 0 Å². The van der Waals surface area contributed by atoms with Crippen molar-refractivity contribution in [2.45, 2.75) is 37.9 Å². The Morgan fingerprint density at radius 3 is 2.28 bits per heavy atom. The Balaban J connectivity index is 2.14. The predicted octanol–water partition coefficient (Wildman–Crippen LogP) is 2.99. The molecule has 0 atom stereocenters. The fraction of sp³-hybridized carbons (Fsp3) is 0.467. The van der Waals surface area contributed by atoms with Crippen molar-refractivity contribution in [2.75, 3.05) is 0 Å². The van der Waals surface area contributed by atoms with Crippen LogP contribution in [0.3, 0.4) is 0 Å². The number of nitrogens with one attached hydrogen (secondary N) is 1. The van der Waals surface area contributed by atoms with Gasteiger partial charge in [-0.2, -0.15) is 13.2 Å². The number of benzene rings is 1. The van der Waals surface area contributed by atoms with Gasteiger partial charge in [0.05, 0.1) is 16.4 Å². The smallest absolute Gasteiger partial charge is 0.416 e. The van der Waals surface area contributed by atoms with E-state index >= 15 is 0 Å². The van der Waals surface area contributed by atoms with E-state index in [2.05, 4.69) is 5.32 Å². The first-order valence-corrected chi connectivity index (χ1v) is 7.49. The van der Waals surface area contributed by atoms with Crippen molar-refractivity contribution in [1.29, 1.82) is 0 Å². The first-order chi connectivity index (χ1) is 11.6. The zero-order chi connectivity index (χ0) is 18.8. The molecule has 0 aliphatic heterocycles. The molecule has 1 fully saturated rings. The molecule has 10 heteroatoms. The molecule has 0 aromatic heterocycles. The standard InChI is InChI=1S/C15H15F3N2O5/c16-15(17,18)9-3-6-11(12(7-9)20(24)25)13(21)19-10-4-1-8(2-5-10)14(22)23/h3,6-8,10H,1-2,4-5H2,(H,19,21)(H,22,23). The zero-order valence-electron chi connectivity index (χ0n) is 12.9. The number of nitrogens with zero attached hydrogens (tertiary/aromatic N) is 1. The summed E-state index contributed by atoms with van der Waals surface area (Å²) in [4.78, 5) is 33.1. The van der Waals surface area contributed by atoms with Gasteiger partial charge in [-0.15, -0.1) is 0 Å². The van der Waals surface area contributed by atoms with Crippen LogP contribution in [0.4, 0.5) is 18.9 Å². The summed E-state index contributed by atoms with van der Waals surface area (Å²) in [6.07, 6.45) is -3.27. The lowest BCUT2D eigenvalue weighted by molar-refractivity contribution is -0.385. The molecule has 1 aliphatic rings. The number of nitro groups is 1. The van der Waals surface area contributed by atoms with Gasteiger partial charge in [0.15, 0.2) is 0 Å². The van der Waals surface area contributed by atoms with Gasteiger partial charge in [0.25, 0.3) is 11.6 Å². The summed E-state index contributed by atoms with van der Waals surface area (Å²) in [6, 6.07) is 1.35. The molecule has 1 amide bonds. The zero-order valence-corrected chi connectivity index (χ0v) is 12.9. The summed E-state index contributed by atoms with van der Waals surface area (Å²) >= 11 is 0. The normalized spacial score (nSPS) is 20.8. The van der Waals surface area contributed by atoms with Crippen molar-refractivity contribution in [2.24, 2.45) is 5.92 Å². The molecule has 7 nitrogen and oxygen atoms in total. The number of nitro benzene ring substituents is 1. The molecular weight excluding hydrogens is 345 g/mol. The molecule has 0 unspecified atom stereocenters. The Morgan fingerprint density at radius 2 is 1.80 bits per heavy atom. The first-order valence-electron chi connectivity index (χ1n) is 7.49. The monoisotopic (exact) mass is 360 g/mol. The quantitative estimate of drug-likeness (QED) is 0.634. The van der Waals surface area contributed by atoms with E-state index in [0.29, 0.717) is 37.8 Å². The summed E-state index contributed by atoms with van der Waals surface area (Å²) in [6.45, 7) is 0. The van der Waals surface area contributed by atoms with Gasteiger partial charge in [-0.05, 0) is 37.8 Å². The minimum atomic E-state index is -4.75. The maximum absolute atomic E-state index is 12.7. The van der Waals surface area contributed by atoms with Gasteiger partial charge in [-0.3, -0.25) is 19.7 Å². The minimum Gasteiger partial charge on any atom is -0.481 e. The minimum absolute atomic E-state index is 0.330. The number of rotatable bonds is 4. The lowest BCUT2D eigenvalue weighted by atomic mass is 9.86. The van der Waals surface area contributed by atoms with Crippen LogP contribution in [0.15, 0.2) is 18.2 Å². The number of carbonyl (C=O) groups excluding carboxylic acids is 1. The van der Waals surface area contributed by atoms with Crippen molar-refractivity contribution in [1.82, 2.24) is 5.32 Å². The third-order valence-electron chi connectivity index (χ3n) is 4.18. The Labute approximate surface area is 140 Å². The molecule has 0 spiro atoms. The molecule has 1 saturated carbocycles. The van der Waals surface area contributed by atoms with E-state index in [-0.39, 0.29) is 6.04 Å². The van der Waals surface area contributed by atoms with Crippen LogP contribution in [0.1, 0.15) is 41.6 Å². The number of hydrogen-bond donors (Lipinski definition) is 2. The SMILES string of the molecule is O=C(NC1CCC(C(=O)O)CC1)c1ccc(C(F)(F)F)cc1[N+](=O)[O-]. The molecule has 1 aliphatic carbocycles. The van der Waals surface area contributed by atoms with Gasteiger partial charge in [0.2, 0.25) is 0 Å². The highest BCUT2D eigenvalue weighted by Gasteiger charge is 2.34. The number of carboxylic acids is 1. The molecule has 0 saturated heterocycles. The van der Waals surface area contributed by atoms with E-state index in [1.54, 1.807) is 0 Å². The number of aliphatic carboxylic acids is 1. The van der Waals surface area contributed by atoms with Gasteiger partial charge >= 0.3 is 12.1 Å². The van der Waals surface area contributed by atoms with Crippen LogP contribution >= 0.6 is 0 Å². The van der Waals surface area contributed by atoms with E-state index in [1.165, 1.54) is 0 Å². The van der Waals surface area contributed by atoms with Gasteiger partial charge in [-0.1, -0.05) is 0 Å². The van der Waals surface area contributed by atoms with E-state index in [4.69, 9.17) is 5.11 Å². The summed E-state index contributed by atoms with van der Waals surface area (Å²) in [7, 11) is 0. The Kier molecular flexibility index (Phi) is 5.29. The van der Waals surface area contributed by atoms with Gasteiger partial charge in [0.1, 0.15) is 5.56 Å². The topological polar surface area (TPSA) is 110 Å². The summed E-state index contributed by atoms with van der Waals surface area (Å²) in [5, 5.41) is 22.5. The van der Waals surface area contributed by atoms with E-state index in [9.17, 15) is 32.9 Å². The second-order valence-electron chi connectivity index (χ2n) is 5.85. The molecule has 2 rings (SSSR count). The van der Waals surface area contributed by atoms with E-state index < -0.39 is 45.7 Å². The van der Waals surface area contributed by atoms with Gasteiger partial charge in [-0.25, -0.2) is 0 Å². The second kappa shape index (κ2) is 7.08. The molecule has 136 valence electrons. The highest BCUT2D eigenvalue weighted by Crippen LogP contribution is 2.33. The molecule has 0 heterocycles. The third kappa shape index (κ3) is 4.46. The van der Waals surface area contributed by atoms with Gasteiger partial charge < -0.3 is 10.4 Å². The predicted molar refractivity (Wildman–Crippen MR) is 78.9 cm³/mol. The molecule has 25 heavy (non-hydrogen) atoms. The third-order valence-corrected chi connectivity index (χ3v) is 4.18. The number of hydrogen-bond acceptors (Lipinski definition) is 4. The first kappa shape index (κ1) is 18.7. The van der Waals surface area contributed by atoms with Crippen LogP contribution < -0.4 is 5.32 Å². The Bertz CT molecular complexity index is 697. The lowest BCUT2D eigenvalue weighted by Gasteiger charge is -2.26. The van der Waals surface area contributed by atoms with Crippen LogP contribution in [-0.4, -0.2) is 27.9 Å². The molecule has 1 aromatic rings. The Morgan fingerprint density at radius 1 is 1.20 bits per heavy atom. The Hall–Kier alpha value is -2.65. The summed E-state index contributed by atoms with van der Waals surface area (Å²) < 4.78 is 38.0. The number of carboxylic acid groups (broad SMARTS) is 1. The number of alkyl halides is 3. The number of halogens is 3. The van der Waals surface area contributed by atoms with Crippen LogP contribution in [-0.2, 0) is 11.0 Å². The second-order valence-corrected chi connectivity index (χ2v) is 5.85. The van der Waals surface area contributed by atoms with Crippen molar-refractivity contribution in [3.8, 4) is 0 Å². The largest absolute Gasteiger partial charge is 0.481 e. The number of carbonyl (C=O) groups is 2. The van der Waals surface area contributed by atoms with Crippen molar-refractivity contribution >= 4 is 17.6 Å². The molecule has 0 radical (unpaired) electrons. The number of amides is 1. The maximum Gasteiger partial charge on any atom is 0.416 e. The average Bonchev–Trinajstić information content (AvgIpc) is 2.53. The lowest BCUT2D eigenvalue weighted by Crippen LogP contribution is -2.39. The van der Waals surface area contributed by atoms with Crippen molar-refractivity contribution < 1.29 is 32.8 Å². The van der Waals surface area contributed by atoms with Crippen molar-refractivity contribution in [3.05, 3.63) is 39.4 Å². The van der Waals surface area contributed by atoms with Crippen LogP contribution in [0.2, 0.25) is 0 Å². The molecule has 2 N–H and O–H groups in total. The van der Waals surface area contributed by atoms with Crippen LogP contribution in [0.25, 0.3) is 0 Å².